The summed E-state index contributed by atoms with van der Waals surface area (Å²) in [7, 11) is 0. The molecule has 0 aromatic heterocycles. The number of anilines is 1. The molecule has 0 aliphatic carbocycles. The van der Waals surface area contributed by atoms with Gasteiger partial charge in [0.1, 0.15) is 0 Å². The summed E-state index contributed by atoms with van der Waals surface area (Å²) in [5, 5.41) is 3.24. The molecule has 0 radical (unpaired) electrons. The number of amides is 2. The lowest BCUT2D eigenvalue weighted by molar-refractivity contribution is -0.136. The van der Waals surface area contributed by atoms with E-state index in [9.17, 15) is 9.59 Å². The number of benzene rings is 1. The summed E-state index contributed by atoms with van der Waals surface area (Å²) in [6.45, 7) is 3.66. The molecule has 1 atom stereocenters. The number of nitrogens with zero attached hydrogens (tertiary/aromatic N) is 2. The van der Waals surface area contributed by atoms with Crippen molar-refractivity contribution in [2.45, 2.75) is 11.3 Å². The van der Waals surface area contributed by atoms with Crippen LogP contribution < -0.4 is 10.2 Å². The standard InChI is InChI=1S/C16H21N3O2S/c1-22-14-4-2-13(3-5-14)19-11-12(10-15(19)20)16(21)18-8-6-17-7-9-18/h2-5,12,17H,6-11H2,1H3. The van der Waals surface area contributed by atoms with Gasteiger partial charge in [-0.1, -0.05) is 0 Å². The van der Waals surface area contributed by atoms with Crippen molar-refractivity contribution in [3.63, 3.8) is 0 Å². The van der Waals surface area contributed by atoms with Crippen molar-refractivity contribution < 1.29 is 9.59 Å². The first kappa shape index (κ1) is 15.4. The second kappa shape index (κ2) is 6.71. The van der Waals surface area contributed by atoms with Gasteiger partial charge in [-0.05, 0) is 30.5 Å². The van der Waals surface area contributed by atoms with Crippen LogP contribution in [-0.4, -0.2) is 55.7 Å². The van der Waals surface area contributed by atoms with Crippen molar-refractivity contribution >= 4 is 29.3 Å². The lowest BCUT2D eigenvalue weighted by atomic mass is 10.1. The van der Waals surface area contributed by atoms with Crippen molar-refractivity contribution in [2.75, 3.05) is 43.9 Å². The van der Waals surface area contributed by atoms with Crippen molar-refractivity contribution in [1.82, 2.24) is 10.2 Å². The first-order chi connectivity index (χ1) is 10.7. The molecule has 6 heteroatoms. The van der Waals surface area contributed by atoms with Gasteiger partial charge in [-0.25, -0.2) is 0 Å². The SMILES string of the molecule is CSc1ccc(N2CC(C(=O)N3CCNCC3)CC2=O)cc1. The van der Waals surface area contributed by atoms with Gasteiger partial charge in [-0.2, -0.15) is 0 Å². The Kier molecular flexibility index (Phi) is 4.69. The van der Waals surface area contributed by atoms with Crippen LogP contribution in [0.5, 0.6) is 0 Å². The maximum absolute atomic E-state index is 12.5. The van der Waals surface area contributed by atoms with Crippen LogP contribution in [0.2, 0.25) is 0 Å². The molecule has 0 spiro atoms. The smallest absolute Gasteiger partial charge is 0.228 e. The van der Waals surface area contributed by atoms with Gasteiger partial charge in [0, 0.05) is 49.7 Å². The van der Waals surface area contributed by atoms with E-state index < -0.39 is 0 Å². The number of hydrogen-bond acceptors (Lipinski definition) is 4. The minimum Gasteiger partial charge on any atom is -0.340 e. The molecular weight excluding hydrogens is 298 g/mol. The molecule has 1 unspecified atom stereocenters. The van der Waals surface area contributed by atoms with E-state index in [1.165, 1.54) is 4.90 Å². The van der Waals surface area contributed by atoms with Gasteiger partial charge in [0.15, 0.2) is 0 Å². The monoisotopic (exact) mass is 319 g/mol. The average molecular weight is 319 g/mol. The molecule has 1 aromatic rings. The summed E-state index contributed by atoms with van der Waals surface area (Å²) in [5.41, 5.74) is 0.887. The summed E-state index contributed by atoms with van der Waals surface area (Å²) >= 11 is 1.67. The molecule has 5 nitrogen and oxygen atoms in total. The second-order valence-electron chi connectivity index (χ2n) is 5.68. The maximum Gasteiger partial charge on any atom is 0.228 e. The Morgan fingerprint density at radius 2 is 1.91 bits per heavy atom. The first-order valence-corrected chi connectivity index (χ1v) is 8.85. The number of thioether (sulfide) groups is 1. The number of nitrogens with one attached hydrogen (secondary N) is 1. The zero-order chi connectivity index (χ0) is 15.5. The van der Waals surface area contributed by atoms with Gasteiger partial charge in [0.25, 0.3) is 0 Å². The van der Waals surface area contributed by atoms with Crippen LogP contribution in [0.4, 0.5) is 5.69 Å². The summed E-state index contributed by atoms with van der Waals surface area (Å²) < 4.78 is 0. The molecule has 1 aromatic carbocycles. The lowest BCUT2D eigenvalue weighted by Gasteiger charge is -2.29. The molecular formula is C16H21N3O2S. The molecule has 2 fully saturated rings. The van der Waals surface area contributed by atoms with E-state index in [1.54, 1.807) is 16.7 Å². The molecule has 0 saturated carbocycles. The Labute approximate surface area is 135 Å². The molecule has 2 aliphatic rings. The summed E-state index contributed by atoms with van der Waals surface area (Å²) in [6.07, 6.45) is 2.35. The highest BCUT2D eigenvalue weighted by atomic mass is 32.2. The van der Waals surface area contributed by atoms with Crippen molar-refractivity contribution in [1.29, 1.82) is 0 Å². The average Bonchev–Trinajstić information content (AvgIpc) is 2.97. The summed E-state index contributed by atoms with van der Waals surface area (Å²) in [4.78, 5) is 29.6. The number of piperazine rings is 1. The van der Waals surface area contributed by atoms with Crippen LogP contribution in [-0.2, 0) is 9.59 Å². The number of carbonyl (C=O) groups is 2. The minimum atomic E-state index is -0.203. The molecule has 2 amide bonds. The molecule has 22 heavy (non-hydrogen) atoms. The Balaban J connectivity index is 1.68. The minimum absolute atomic E-state index is 0.0467. The molecule has 2 heterocycles. The largest absolute Gasteiger partial charge is 0.340 e. The topological polar surface area (TPSA) is 52.7 Å². The predicted octanol–water partition coefficient (Wildman–Crippen LogP) is 1.19. The zero-order valence-electron chi connectivity index (χ0n) is 12.7. The number of carbonyl (C=O) groups excluding carboxylic acids is 2. The van der Waals surface area contributed by atoms with Gasteiger partial charge in [-0.3, -0.25) is 9.59 Å². The van der Waals surface area contributed by atoms with Gasteiger partial charge in [0.2, 0.25) is 11.8 Å². The highest BCUT2D eigenvalue weighted by molar-refractivity contribution is 7.98. The highest BCUT2D eigenvalue weighted by Crippen LogP contribution is 2.28. The van der Waals surface area contributed by atoms with E-state index in [-0.39, 0.29) is 17.7 Å². The molecule has 118 valence electrons. The Bertz CT molecular complexity index is 555. The molecule has 2 saturated heterocycles. The van der Waals surface area contributed by atoms with Gasteiger partial charge < -0.3 is 15.1 Å². The normalized spacial score (nSPS) is 22.2. The third-order valence-corrected chi connectivity index (χ3v) is 5.03. The van der Waals surface area contributed by atoms with E-state index in [4.69, 9.17) is 0 Å². The lowest BCUT2D eigenvalue weighted by Crippen LogP contribution is -2.48. The first-order valence-electron chi connectivity index (χ1n) is 7.63. The number of rotatable bonds is 3. The highest BCUT2D eigenvalue weighted by Gasteiger charge is 2.37. The van der Waals surface area contributed by atoms with Crippen LogP contribution in [0.25, 0.3) is 0 Å². The fraction of sp³-hybridized carbons (Fsp3) is 0.500. The Morgan fingerprint density at radius 1 is 1.23 bits per heavy atom. The fourth-order valence-corrected chi connectivity index (χ4v) is 3.44. The van der Waals surface area contributed by atoms with E-state index >= 15 is 0 Å². The molecule has 1 N–H and O–H groups in total. The van der Waals surface area contributed by atoms with Gasteiger partial charge in [0.05, 0.1) is 5.92 Å². The van der Waals surface area contributed by atoms with Crippen LogP contribution in [0.1, 0.15) is 6.42 Å². The van der Waals surface area contributed by atoms with Gasteiger partial charge in [-0.15, -0.1) is 11.8 Å². The third kappa shape index (κ3) is 3.13. The Morgan fingerprint density at radius 3 is 2.55 bits per heavy atom. The van der Waals surface area contributed by atoms with Crippen LogP contribution in [0.3, 0.4) is 0 Å². The van der Waals surface area contributed by atoms with E-state index in [0.717, 1.165) is 31.9 Å². The third-order valence-electron chi connectivity index (χ3n) is 4.29. The van der Waals surface area contributed by atoms with Crippen molar-refractivity contribution in [3.8, 4) is 0 Å². The van der Waals surface area contributed by atoms with Crippen LogP contribution >= 0.6 is 11.8 Å². The van der Waals surface area contributed by atoms with E-state index in [2.05, 4.69) is 5.32 Å². The van der Waals surface area contributed by atoms with Crippen molar-refractivity contribution in [3.05, 3.63) is 24.3 Å². The van der Waals surface area contributed by atoms with Gasteiger partial charge >= 0.3 is 0 Å². The summed E-state index contributed by atoms with van der Waals surface area (Å²) in [6, 6.07) is 7.94. The van der Waals surface area contributed by atoms with Crippen LogP contribution in [0, 0.1) is 5.92 Å². The summed E-state index contributed by atoms with van der Waals surface area (Å²) in [5.74, 6) is -0.0331. The molecule has 3 rings (SSSR count). The zero-order valence-corrected chi connectivity index (χ0v) is 13.6. The fourth-order valence-electron chi connectivity index (χ4n) is 3.03. The van der Waals surface area contributed by atoms with E-state index in [1.807, 2.05) is 35.4 Å². The molecule has 0 bridgehead atoms. The predicted molar refractivity (Wildman–Crippen MR) is 88.1 cm³/mol. The maximum atomic E-state index is 12.5. The van der Waals surface area contributed by atoms with E-state index in [0.29, 0.717) is 13.0 Å². The Hall–Kier alpha value is -1.53. The molecule has 2 aliphatic heterocycles. The number of hydrogen-bond donors (Lipinski definition) is 1. The van der Waals surface area contributed by atoms with Crippen LogP contribution in [0.15, 0.2) is 29.2 Å². The quantitative estimate of drug-likeness (QED) is 0.851. The van der Waals surface area contributed by atoms with Crippen molar-refractivity contribution in [2.24, 2.45) is 5.92 Å². The second-order valence-corrected chi connectivity index (χ2v) is 6.56.